The minimum atomic E-state index is -0.111. The summed E-state index contributed by atoms with van der Waals surface area (Å²) < 4.78 is 0. The third-order valence-corrected chi connectivity index (χ3v) is 3.49. The highest BCUT2D eigenvalue weighted by Crippen LogP contribution is 2.36. The van der Waals surface area contributed by atoms with Gasteiger partial charge in [0, 0.05) is 17.1 Å². The number of carbonyl (C=O) groups is 1. The maximum absolute atomic E-state index is 11.5. The molecule has 1 aliphatic rings. The Kier molecular flexibility index (Phi) is 2.48. The fourth-order valence-corrected chi connectivity index (χ4v) is 2.42. The molecule has 1 heterocycles. The summed E-state index contributed by atoms with van der Waals surface area (Å²) in [6.07, 6.45) is 0. The van der Waals surface area contributed by atoms with Gasteiger partial charge in [0.05, 0.1) is 6.04 Å². The summed E-state index contributed by atoms with van der Waals surface area (Å²) in [6.45, 7) is 2.34. The average Bonchev–Trinajstić information content (AvgIpc) is 2.19. The first-order valence-electron chi connectivity index (χ1n) is 4.52. The molecule has 1 aromatic rings. The first-order chi connectivity index (χ1) is 6.72. The molecule has 0 saturated carbocycles. The van der Waals surface area contributed by atoms with E-state index >= 15 is 0 Å². The van der Waals surface area contributed by atoms with Gasteiger partial charge in [-0.1, -0.05) is 12.1 Å². The van der Waals surface area contributed by atoms with Crippen molar-refractivity contribution in [2.75, 3.05) is 5.32 Å². The molecule has 3 N–H and O–H groups in total. The Bertz CT molecular complexity index is 378. The smallest absolute Gasteiger partial charge is 0.215 e. The minimum absolute atomic E-state index is 0.111. The molecule has 0 amide bonds. The van der Waals surface area contributed by atoms with E-state index in [1.165, 1.54) is 11.8 Å². The van der Waals surface area contributed by atoms with Gasteiger partial charge in [-0.25, -0.2) is 0 Å². The van der Waals surface area contributed by atoms with E-state index in [9.17, 15) is 4.79 Å². The van der Waals surface area contributed by atoms with Crippen molar-refractivity contribution in [3.63, 3.8) is 0 Å². The first-order valence-corrected chi connectivity index (χ1v) is 5.34. The van der Waals surface area contributed by atoms with Crippen LogP contribution in [0, 0.1) is 0 Å². The van der Waals surface area contributed by atoms with E-state index < -0.39 is 0 Å². The summed E-state index contributed by atoms with van der Waals surface area (Å²) in [7, 11) is 0. The van der Waals surface area contributed by atoms with Crippen molar-refractivity contribution in [3.05, 3.63) is 23.8 Å². The molecule has 0 aromatic heterocycles. The van der Waals surface area contributed by atoms with Crippen LogP contribution in [0.25, 0.3) is 0 Å². The van der Waals surface area contributed by atoms with Crippen molar-refractivity contribution >= 4 is 22.6 Å². The van der Waals surface area contributed by atoms with Crippen LogP contribution in [0.2, 0.25) is 0 Å². The molecule has 0 fully saturated rings. The Morgan fingerprint density at radius 1 is 1.57 bits per heavy atom. The number of thioether (sulfide) groups is 1. The van der Waals surface area contributed by atoms with Gasteiger partial charge in [-0.3, -0.25) is 4.79 Å². The monoisotopic (exact) mass is 208 g/mol. The lowest BCUT2D eigenvalue weighted by Crippen LogP contribution is -2.27. The third-order valence-electron chi connectivity index (χ3n) is 2.24. The molecule has 1 aromatic carbocycles. The molecule has 1 unspecified atom stereocenters. The number of fused-ring (bicyclic) bond motifs is 1. The van der Waals surface area contributed by atoms with Crippen molar-refractivity contribution in [2.45, 2.75) is 24.4 Å². The fourth-order valence-electron chi connectivity index (χ4n) is 1.46. The standard InChI is InChI=1S/C10H12N2OS/c1-6-10(13)14-9-7(5-11)3-2-4-8(9)12-6/h2-4,6,12H,5,11H2,1H3. The van der Waals surface area contributed by atoms with Gasteiger partial charge in [0.25, 0.3) is 0 Å². The van der Waals surface area contributed by atoms with Gasteiger partial charge in [-0.15, -0.1) is 0 Å². The van der Waals surface area contributed by atoms with Crippen LogP contribution >= 0.6 is 11.8 Å². The second-order valence-corrected chi connectivity index (χ2v) is 4.30. The molecule has 0 spiro atoms. The van der Waals surface area contributed by atoms with Crippen LogP contribution in [-0.2, 0) is 11.3 Å². The zero-order valence-corrected chi connectivity index (χ0v) is 8.73. The summed E-state index contributed by atoms with van der Waals surface area (Å²) in [4.78, 5) is 12.5. The van der Waals surface area contributed by atoms with Crippen LogP contribution in [-0.4, -0.2) is 11.2 Å². The van der Waals surface area contributed by atoms with E-state index in [0.29, 0.717) is 6.54 Å². The lowest BCUT2D eigenvalue weighted by molar-refractivity contribution is -0.111. The molecular weight excluding hydrogens is 196 g/mol. The molecule has 0 aliphatic carbocycles. The molecule has 4 heteroatoms. The van der Waals surface area contributed by atoms with Crippen molar-refractivity contribution in [1.29, 1.82) is 0 Å². The zero-order chi connectivity index (χ0) is 10.1. The van der Waals surface area contributed by atoms with Crippen LogP contribution in [0.4, 0.5) is 5.69 Å². The lowest BCUT2D eigenvalue weighted by Gasteiger charge is -2.23. The van der Waals surface area contributed by atoms with Gasteiger partial charge in [0.2, 0.25) is 5.12 Å². The largest absolute Gasteiger partial charge is 0.374 e. The number of rotatable bonds is 1. The summed E-state index contributed by atoms with van der Waals surface area (Å²) >= 11 is 1.29. The Morgan fingerprint density at radius 2 is 2.36 bits per heavy atom. The zero-order valence-electron chi connectivity index (χ0n) is 7.91. The van der Waals surface area contributed by atoms with Crippen molar-refractivity contribution in [2.24, 2.45) is 5.73 Å². The van der Waals surface area contributed by atoms with Crippen LogP contribution in [0.15, 0.2) is 23.1 Å². The molecule has 1 atom stereocenters. The van der Waals surface area contributed by atoms with Crippen LogP contribution < -0.4 is 11.1 Å². The maximum Gasteiger partial charge on any atom is 0.215 e. The van der Waals surface area contributed by atoms with Crippen LogP contribution in [0.5, 0.6) is 0 Å². The molecule has 2 rings (SSSR count). The molecule has 0 bridgehead atoms. The number of benzene rings is 1. The highest BCUT2D eigenvalue weighted by atomic mass is 32.2. The van der Waals surface area contributed by atoms with Crippen LogP contribution in [0.3, 0.4) is 0 Å². The molecule has 0 saturated heterocycles. The topological polar surface area (TPSA) is 55.1 Å². The molecule has 74 valence electrons. The number of nitrogens with one attached hydrogen (secondary N) is 1. The third kappa shape index (κ3) is 1.51. The van der Waals surface area contributed by atoms with Gasteiger partial charge in [0.1, 0.15) is 0 Å². The highest BCUT2D eigenvalue weighted by Gasteiger charge is 2.24. The quantitative estimate of drug-likeness (QED) is 0.735. The average molecular weight is 208 g/mol. The number of nitrogens with two attached hydrogens (primary N) is 1. The molecule has 0 radical (unpaired) electrons. The van der Waals surface area contributed by atoms with E-state index in [4.69, 9.17) is 5.73 Å². The Morgan fingerprint density at radius 3 is 3.07 bits per heavy atom. The lowest BCUT2D eigenvalue weighted by atomic mass is 10.2. The number of hydrogen-bond donors (Lipinski definition) is 2. The SMILES string of the molecule is CC1Nc2cccc(CN)c2SC1=O. The summed E-state index contributed by atoms with van der Waals surface area (Å²) in [5.41, 5.74) is 7.65. The van der Waals surface area contributed by atoms with Crippen molar-refractivity contribution < 1.29 is 4.79 Å². The predicted octanol–water partition coefficient (Wildman–Crippen LogP) is 1.58. The maximum atomic E-state index is 11.5. The number of hydrogen-bond acceptors (Lipinski definition) is 4. The van der Waals surface area contributed by atoms with Crippen molar-refractivity contribution in [3.8, 4) is 0 Å². The molecule has 3 nitrogen and oxygen atoms in total. The van der Waals surface area contributed by atoms with E-state index in [1.54, 1.807) is 0 Å². The first kappa shape index (κ1) is 9.55. The van der Waals surface area contributed by atoms with Gasteiger partial charge >= 0.3 is 0 Å². The second kappa shape index (κ2) is 3.63. The number of anilines is 1. The van der Waals surface area contributed by atoms with Gasteiger partial charge in [-0.05, 0) is 30.3 Å². The summed E-state index contributed by atoms with van der Waals surface area (Å²) in [5.74, 6) is 0. The minimum Gasteiger partial charge on any atom is -0.374 e. The van der Waals surface area contributed by atoms with Gasteiger partial charge in [0.15, 0.2) is 0 Å². The number of carbonyl (C=O) groups excluding carboxylic acids is 1. The molecular formula is C10H12N2OS. The van der Waals surface area contributed by atoms with E-state index in [0.717, 1.165) is 16.1 Å². The summed E-state index contributed by atoms with van der Waals surface area (Å²) in [6, 6.07) is 5.78. The predicted molar refractivity (Wildman–Crippen MR) is 58.3 cm³/mol. The van der Waals surface area contributed by atoms with E-state index in [-0.39, 0.29) is 11.2 Å². The van der Waals surface area contributed by atoms with Gasteiger partial charge < -0.3 is 11.1 Å². The Labute approximate surface area is 87.1 Å². The van der Waals surface area contributed by atoms with E-state index in [2.05, 4.69) is 5.32 Å². The van der Waals surface area contributed by atoms with Crippen LogP contribution in [0.1, 0.15) is 12.5 Å². The summed E-state index contributed by atoms with van der Waals surface area (Å²) in [5, 5.41) is 3.31. The normalized spacial score (nSPS) is 20.1. The molecule has 1 aliphatic heterocycles. The fraction of sp³-hybridized carbons (Fsp3) is 0.300. The van der Waals surface area contributed by atoms with Crippen molar-refractivity contribution in [1.82, 2.24) is 0 Å². The molecule has 14 heavy (non-hydrogen) atoms. The Balaban J connectivity index is 2.46. The van der Waals surface area contributed by atoms with Gasteiger partial charge in [-0.2, -0.15) is 0 Å². The highest BCUT2D eigenvalue weighted by molar-refractivity contribution is 8.14. The van der Waals surface area contributed by atoms with E-state index in [1.807, 2.05) is 25.1 Å². The second-order valence-electron chi connectivity index (χ2n) is 3.29. The Hall–Kier alpha value is -1.00.